The molecule has 0 fully saturated rings. The third-order valence-corrected chi connectivity index (χ3v) is 3.42. The van der Waals surface area contributed by atoms with E-state index < -0.39 is 6.61 Å². The maximum absolute atomic E-state index is 12.3. The minimum absolute atomic E-state index is 0.0267. The van der Waals surface area contributed by atoms with Gasteiger partial charge in [-0.2, -0.15) is 8.78 Å². The molecule has 0 spiro atoms. The van der Waals surface area contributed by atoms with E-state index in [1.807, 2.05) is 0 Å². The van der Waals surface area contributed by atoms with Gasteiger partial charge in [-0.1, -0.05) is 17.7 Å². The van der Waals surface area contributed by atoms with Gasteiger partial charge in [0, 0.05) is 11.1 Å². The normalized spacial score (nSPS) is 11.5. The molecule has 0 unspecified atom stereocenters. The molecule has 0 aliphatic carbocycles. The summed E-state index contributed by atoms with van der Waals surface area (Å²) in [7, 11) is 1.38. The number of aromatic nitrogens is 1. The number of rotatable bonds is 5. The summed E-state index contributed by atoms with van der Waals surface area (Å²) >= 11 is 5.91. The van der Waals surface area contributed by atoms with Gasteiger partial charge in [-0.15, -0.1) is 0 Å². The topological polar surface area (TPSA) is 44.5 Å². The molecule has 0 atom stereocenters. The molecule has 3 aromatic rings. The van der Waals surface area contributed by atoms with E-state index in [0.717, 1.165) is 0 Å². The van der Waals surface area contributed by atoms with Crippen molar-refractivity contribution in [2.45, 2.75) is 6.61 Å². The zero-order chi connectivity index (χ0) is 17.1. The summed E-state index contributed by atoms with van der Waals surface area (Å²) in [6.07, 6.45) is 3.39. The number of nitrogens with zero attached hydrogens (tertiary/aromatic N) is 1. The molecule has 2 aromatic carbocycles. The molecular weight excluding hydrogens is 340 g/mol. The summed E-state index contributed by atoms with van der Waals surface area (Å²) in [4.78, 5) is 4.30. The maximum atomic E-state index is 12.3. The van der Waals surface area contributed by atoms with Gasteiger partial charge in [0.05, 0.1) is 7.11 Å². The Kier molecular flexibility index (Phi) is 4.66. The van der Waals surface area contributed by atoms with Crippen LogP contribution in [-0.2, 0) is 0 Å². The van der Waals surface area contributed by atoms with Crippen LogP contribution in [0.5, 0.6) is 11.5 Å². The van der Waals surface area contributed by atoms with Gasteiger partial charge in [-0.3, -0.25) is 0 Å². The highest BCUT2D eigenvalue weighted by atomic mass is 35.5. The Labute approximate surface area is 141 Å². The van der Waals surface area contributed by atoms with Gasteiger partial charge in [-0.25, -0.2) is 4.98 Å². The van der Waals surface area contributed by atoms with Crippen LogP contribution in [0.4, 0.5) is 8.78 Å². The van der Waals surface area contributed by atoms with Gasteiger partial charge in [0.1, 0.15) is 5.52 Å². The van der Waals surface area contributed by atoms with Crippen LogP contribution in [-0.4, -0.2) is 18.7 Å². The van der Waals surface area contributed by atoms with Crippen molar-refractivity contribution in [2.75, 3.05) is 7.11 Å². The molecule has 0 saturated carbocycles. The molecule has 124 valence electrons. The van der Waals surface area contributed by atoms with Crippen molar-refractivity contribution in [3.8, 4) is 11.5 Å². The fourth-order valence-electron chi connectivity index (χ4n) is 2.14. The molecule has 3 rings (SSSR count). The highest BCUT2D eigenvalue weighted by Crippen LogP contribution is 2.30. The zero-order valence-electron chi connectivity index (χ0n) is 12.5. The first-order valence-electron chi connectivity index (χ1n) is 6.92. The fourth-order valence-corrected chi connectivity index (χ4v) is 2.30. The lowest BCUT2D eigenvalue weighted by Gasteiger charge is -2.10. The van der Waals surface area contributed by atoms with Crippen LogP contribution >= 0.6 is 11.6 Å². The summed E-state index contributed by atoms with van der Waals surface area (Å²) in [5, 5.41) is 0.575. The number of halogens is 3. The summed E-state index contributed by atoms with van der Waals surface area (Å²) in [6.45, 7) is -2.91. The molecule has 7 heteroatoms. The average Bonchev–Trinajstić information content (AvgIpc) is 2.95. The summed E-state index contributed by atoms with van der Waals surface area (Å²) in [5.41, 5.74) is 1.99. The second-order valence-corrected chi connectivity index (χ2v) is 5.22. The Morgan fingerprint density at radius 1 is 1.12 bits per heavy atom. The van der Waals surface area contributed by atoms with Gasteiger partial charge >= 0.3 is 6.61 Å². The van der Waals surface area contributed by atoms with Crippen LogP contribution in [0.15, 0.2) is 40.8 Å². The van der Waals surface area contributed by atoms with E-state index in [2.05, 4.69) is 9.72 Å². The van der Waals surface area contributed by atoms with Crippen LogP contribution in [0.2, 0.25) is 5.02 Å². The number of hydrogen-bond donors (Lipinski definition) is 0. The van der Waals surface area contributed by atoms with Gasteiger partial charge in [0.2, 0.25) is 5.89 Å². The number of ether oxygens (including phenoxy) is 2. The SMILES string of the molecule is COc1cc(C=Cc2nc3cc(Cl)ccc3o2)ccc1OC(F)F. The van der Waals surface area contributed by atoms with Gasteiger partial charge in [0.15, 0.2) is 17.1 Å². The molecule has 0 saturated heterocycles. The lowest BCUT2D eigenvalue weighted by atomic mass is 10.2. The Bertz CT molecular complexity index is 893. The number of alkyl halides is 2. The molecular formula is C17H12ClF2NO3. The van der Waals surface area contributed by atoms with Crippen molar-refractivity contribution >= 4 is 34.9 Å². The third kappa shape index (κ3) is 3.65. The number of hydrogen-bond acceptors (Lipinski definition) is 4. The first kappa shape index (κ1) is 16.3. The predicted molar refractivity (Wildman–Crippen MR) is 87.6 cm³/mol. The second kappa shape index (κ2) is 6.88. The van der Waals surface area contributed by atoms with E-state index in [1.54, 1.807) is 42.5 Å². The Morgan fingerprint density at radius 3 is 2.71 bits per heavy atom. The van der Waals surface area contributed by atoms with Gasteiger partial charge in [-0.05, 0) is 42.0 Å². The molecule has 0 radical (unpaired) electrons. The molecule has 0 bridgehead atoms. The summed E-state index contributed by atoms with van der Waals surface area (Å²) in [6, 6.07) is 9.77. The predicted octanol–water partition coefficient (Wildman–Crippen LogP) is 5.26. The third-order valence-electron chi connectivity index (χ3n) is 3.19. The summed E-state index contributed by atoms with van der Waals surface area (Å²) in [5.74, 6) is 0.585. The van der Waals surface area contributed by atoms with E-state index in [4.69, 9.17) is 20.8 Å². The molecule has 0 aliphatic heterocycles. The maximum Gasteiger partial charge on any atom is 0.387 e. The van der Waals surface area contributed by atoms with Crippen LogP contribution in [0, 0.1) is 0 Å². The van der Waals surface area contributed by atoms with Crippen molar-refractivity contribution in [2.24, 2.45) is 0 Å². The Hall–Kier alpha value is -2.60. The first-order chi connectivity index (χ1) is 11.5. The lowest BCUT2D eigenvalue weighted by molar-refractivity contribution is -0.0512. The van der Waals surface area contributed by atoms with Crippen molar-refractivity contribution in [1.82, 2.24) is 4.98 Å². The van der Waals surface area contributed by atoms with Gasteiger partial charge < -0.3 is 13.9 Å². The number of fused-ring (bicyclic) bond motifs is 1. The van der Waals surface area contributed by atoms with Crippen LogP contribution in [0.3, 0.4) is 0 Å². The molecule has 24 heavy (non-hydrogen) atoms. The van der Waals surface area contributed by atoms with E-state index in [1.165, 1.54) is 13.2 Å². The molecule has 0 amide bonds. The van der Waals surface area contributed by atoms with E-state index in [0.29, 0.717) is 27.6 Å². The highest BCUT2D eigenvalue weighted by molar-refractivity contribution is 6.31. The first-order valence-corrected chi connectivity index (χ1v) is 7.30. The molecule has 0 N–H and O–H groups in total. The largest absolute Gasteiger partial charge is 0.493 e. The Balaban J connectivity index is 1.84. The molecule has 0 aliphatic rings. The van der Waals surface area contributed by atoms with E-state index in [9.17, 15) is 8.78 Å². The second-order valence-electron chi connectivity index (χ2n) is 4.79. The molecule has 4 nitrogen and oxygen atoms in total. The van der Waals surface area contributed by atoms with Crippen LogP contribution < -0.4 is 9.47 Å². The quantitative estimate of drug-likeness (QED) is 0.628. The molecule has 1 aromatic heterocycles. The number of oxazole rings is 1. The average molecular weight is 352 g/mol. The van der Waals surface area contributed by atoms with Crippen molar-refractivity contribution in [1.29, 1.82) is 0 Å². The standard InChI is InChI=1S/C17H12ClF2NO3/c1-22-15-8-10(2-5-14(15)24-17(19)20)3-7-16-21-12-9-11(18)4-6-13(12)23-16/h2-9,17H,1H3. The van der Waals surface area contributed by atoms with Gasteiger partial charge in [0.25, 0.3) is 0 Å². The van der Waals surface area contributed by atoms with Crippen molar-refractivity contribution in [3.63, 3.8) is 0 Å². The minimum atomic E-state index is -2.91. The summed E-state index contributed by atoms with van der Waals surface area (Å²) < 4.78 is 39.6. The van der Waals surface area contributed by atoms with Crippen LogP contribution in [0.1, 0.15) is 11.5 Å². The zero-order valence-corrected chi connectivity index (χ0v) is 13.3. The smallest absolute Gasteiger partial charge is 0.387 e. The number of benzene rings is 2. The number of methoxy groups -OCH3 is 1. The van der Waals surface area contributed by atoms with Crippen LogP contribution in [0.25, 0.3) is 23.3 Å². The van der Waals surface area contributed by atoms with E-state index >= 15 is 0 Å². The van der Waals surface area contributed by atoms with Crippen molar-refractivity contribution < 1.29 is 22.7 Å². The Morgan fingerprint density at radius 2 is 1.96 bits per heavy atom. The highest BCUT2D eigenvalue weighted by Gasteiger charge is 2.10. The lowest BCUT2D eigenvalue weighted by Crippen LogP contribution is -2.03. The monoisotopic (exact) mass is 351 g/mol. The molecule has 1 heterocycles. The minimum Gasteiger partial charge on any atom is -0.493 e. The van der Waals surface area contributed by atoms with Crippen molar-refractivity contribution in [3.05, 3.63) is 52.9 Å². The van der Waals surface area contributed by atoms with E-state index in [-0.39, 0.29) is 11.5 Å². The fraction of sp³-hybridized carbons (Fsp3) is 0.118.